The Bertz CT molecular complexity index is 884. The molecule has 0 saturated carbocycles. The van der Waals surface area contributed by atoms with E-state index in [1.807, 2.05) is 32.2 Å². The third kappa shape index (κ3) is 3.66. The average molecular weight is 311 g/mol. The smallest absolute Gasteiger partial charge is 0.336 e. The quantitative estimate of drug-likeness (QED) is 0.686. The lowest BCUT2D eigenvalue weighted by Gasteiger charge is -2.17. The highest BCUT2D eigenvalue weighted by Gasteiger charge is 2.09. The maximum absolute atomic E-state index is 13.0. The SMILES string of the molecule is Cc1ccc2c(CN(C)Cc3ccc(F)cc3)cc(=O)oc2c1. The number of fused-ring (bicyclic) bond motifs is 1. The van der Waals surface area contributed by atoms with E-state index in [2.05, 4.69) is 4.90 Å². The van der Waals surface area contributed by atoms with Crippen LogP contribution in [-0.2, 0) is 13.1 Å². The molecule has 0 radical (unpaired) electrons. The lowest BCUT2D eigenvalue weighted by Crippen LogP contribution is -2.18. The normalized spacial score (nSPS) is 11.3. The van der Waals surface area contributed by atoms with Gasteiger partial charge >= 0.3 is 5.63 Å². The van der Waals surface area contributed by atoms with E-state index in [4.69, 9.17) is 4.42 Å². The van der Waals surface area contributed by atoms with E-state index in [1.165, 1.54) is 12.1 Å². The number of hydrogen-bond donors (Lipinski definition) is 0. The van der Waals surface area contributed by atoms with Crippen molar-refractivity contribution in [3.63, 3.8) is 0 Å². The number of halogens is 1. The van der Waals surface area contributed by atoms with Crippen LogP contribution in [0.15, 0.2) is 57.7 Å². The summed E-state index contributed by atoms with van der Waals surface area (Å²) in [4.78, 5) is 13.9. The average Bonchev–Trinajstić information content (AvgIpc) is 2.49. The van der Waals surface area contributed by atoms with Gasteiger partial charge in [0, 0.05) is 24.5 Å². The minimum atomic E-state index is -0.340. The van der Waals surface area contributed by atoms with E-state index in [0.29, 0.717) is 18.7 Å². The highest BCUT2D eigenvalue weighted by atomic mass is 19.1. The molecule has 3 aromatic rings. The summed E-state index contributed by atoms with van der Waals surface area (Å²) in [6, 6.07) is 13.9. The van der Waals surface area contributed by atoms with Gasteiger partial charge in [-0.1, -0.05) is 24.3 Å². The van der Waals surface area contributed by atoms with Gasteiger partial charge in [-0.2, -0.15) is 0 Å². The Labute approximate surface area is 134 Å². The van der Waals surface area contributed by atoms with Crippen molar-refractivity contribution in [3.8, 4) is 0 Å². The predicted octanol–water partition coefficient (Wildman–Crippen LogP) is 3.87. The summed E-state index contributed by atoms with van der Waals surface area (Å²) in [5, 5.41) is 0.946. The summed E-state index contributed by atoms with van der Waals surface area (Å²) in [5.41, 5.74) is 3.28. The van der Waals surface area contributed by atoms with Crippen molar-refractivity contribution in [1.82, 2.24) is 4.90 Å². The van der Waals surface area contributed by atoms with Crippen LogP contribution < -0.4 is 5.63 Å². The van der Waals surface area contributed by atoms with Gasteiger partial charge < -0.3 is 4.42 Å². The Balaban J connectivity index is 1.85. The number of nitrogens with zero attached hydrogens (tertiary/aromatic N) is 1. The molecule has 1 heterocycles. The van der Waals surface area contributed by atoms with Crippen molar-refractivity contribution in [1.29, 1.82) is 0 Å². The highest BCUT2D eigenvalue weighted by Crippen LogP contribution is 2.20. The maximum atomic E-state index is 13.0. The van der Waals surface area contributed by atoms with E-state index < -0.39 is 0 Å². The molecule has 0 aliphatic rings. The van der Waals surface area contributed by atoms with Gasteiger partial charge in [0.05, 0.1) is 0 Å². The van der Waals surface area contributed by atoms with E-state index in [9.17, 15) is 9.18 Å². The standard InChI is InChI=1S/C19H18FNO2/c1-13-3-8-17-15(10-19(22)23-18(17)9-13)12-21(2)11-14-4-6-16(20)7-5-14/h3-10H,11-12H2,1-2H3. The van der Waals surface area contributed by atoms with Crippen molar-refractivity contribution >= 4 is 11.0 Å². The molecule has 1 aromatic heterocycles. The molecule has 0 spiro atoms. The first-order chi connectivity index (χ1) is 11.0. The van der Waals surface area contributed by atoms with Crippen molar-refractivity contribution in [3.05, 3.63) is 81.5 Å². The number of aryl methyl sites for hydroxylation is 1. The zero-order valence-electron chi connectivity index (χ0n) is 13.2. The minimum absolute atomic E-state index is 0.238. The molecule has 0 saturated heterocycles. The van der Waals surface area contributed by atoms with Crippen LogP contribution in [0.1, 0.15) is 16.7 Å². The second kappa shape index (κ2) is 6.34. The van der Waals surface area contributed by atoms with Crippen molar-refractivity contribution in [2.24, 2.45) is 0 Å². The Morgan fingerprint density at radius 2 is 1.78 bits per heavy atom. The van der Waals surface area contributed by atoms with E-state index in [0.717, 1.165) is 22.1 Å². The van der Waals surface area contributed by atoms with E-state index >= 15 is 0 Å². The fourth-order valence-electron chi connectivity index (χ4n) is 2.72. The molecule has 0 fully saturated rings. The predicted molar refractivity (Wildman–Crippen MR) is 88.8 cm³/mol. The lowest BCUT2D eigenvalue weighted by molar-refractivity contribution is 0.319. The first-order valence-electron chi connectivity index (χ1n) is 7.47. The molecule has 23 heavy (non-hydrogen) atoms. The Morgan fingerprint density at radius 1 is 1.04 bits per heavy atom. The van der Waals surface area contributed by atoms with Crippen LogP contribution in [0.25, 0.3) is 11.0 Å². The van der Waals surface area contributed by atoms with Crippen LogP contribution in [0, 0.1) is 12.7 Å². The van der Waals surface area contributed by atoms with Gasteiger partial charge in [-0.25, -0.2) is 9.18 Å². The molecule has 0 aliphatic heterocycles. The van der Waals surface area contributed by atoms with Crippen LogP contribution >= 0.6 is 0 Å². The fourth-order valence-corrected chi connectivity index (χ4v) is 2.72. The topological polar surface area (TPSA) is 33.5 Å². The third-order valence-corrected chi connectivity index (χ3v) is 3.79. The summed E-state index contributed by atoms with van der Waals surface area (Å²) in [6.07, 6.45) is 0. The molecule has 0 bridgehead atoms. The molecule has 118 valence electrons. The largest absolute Gasteiger partial charge is 0.423 e. The number of benzene rings is 2. The number of hydrogen-bond acceptors (Lipinski definition) is 3. The van der Waals surface area contributed by atoms with Gasteiger partial charge in [0.25, 0.3) is 0 Å². The summed E-state index contributed by atoms with van der Waals surface area (Å²) in [7, 11) is 1.97. The Kier molecular flexibility index (Phi) is 4.26. The van der Waals surface area contributed by atoms with Crippen molar-refractivity contribution in [2.75, 3.05) is 7.05 Å². The maximum Gasteiger partial charge on any atom is 0.336 e. The summed E-state index contributed by atoms with van der Waals surface area (Å²) < 4.78 is 18.2. The first kappa shape index (κ1) is 15.4. The first-order valence-corrected chi connectivity index (χ1v) is 7.47. The molecule has 0 unspecified atom stereocenters. The molecule has 3 nitrogen and oxygen atoms in total. The van der Waals surface area contributed by atoms with Gasteiger partial charge in [0.1, 0.15) is 11.4 Å². The molecule has 0 N–H and O–H groups in total. The van der Waals surface area contributed by atoms with Gasteiger partial charge in [0.15, 0.2) is 0 Å². The Hall–Kier alpha value is -2.46. The van der Waals surface area contributed by atoms with E-state index in [-0.39, 0.29) is 11.4 Å². The lowest BCUT2D eigenvalue weighted by atomic mass is 10.1. The Morgan fingerprint density at radius 3 is 2.52 bits per heavy atom. The molecule has 2 aromatic carbocycles. The minimum Gasteiger partial charge on any atom is -0.423 e. The van der Waals surface area contributed by atoms with Crippen LogP contribution in [0.5, 0.6) is 0 Å². The monoisotopic (exact) mass is 311 g/mol. The number of rotatable bonds is 4. The molecular weight excluding hydrogens is 293 g/mol. The van der Waals surface area contributed by atoms with Crippen molar-refractivity contribution in [2.45, 2.75) is 20.0 Å². The van der Waals surface area contributed by atoms with Crippen LogP contribution in [0.3, 0.4) is 0 Å². The highest BCUT2D eigenvalue weighted by molar-refractivity contribution is 5.80. The fraction of sp³-hybridized carbons (Fsp3) is 0.211. The van der Waals surface area contributed by atoms with Gasteiger partial charge in [-0.3, -0.25) is 4.90 Å². The zero-order valence-corrected chi connectivity index (χ0v) is 13.2. The van der Waals surface area contributed by atoms with Gasteiger partial charge in [-0.05, 0) is 48.9 Å². The molecular formula is C19H18FNO2. The summed E-state index contributed by atoms with van der Waals surface area (Å²) >= 11 is 0. The van der Waals surface area contributed by atoms with Crippen LogP contribution in [-0.4, -0.2) is 11.9 Å². The molecule has 0 amide bonds. The molecule has 0 aliphatic carbocycles. The summed E-state index contributed by atoms with van der Waals surface area (Å²) in [6.45, 7) is 3.25. The summed E-state index contributed by atoms with van der Waals surface area (Å²) in [5.74, 6) is -0.238. The zero-order chi connectivity index (χ0) is 16.4. The third-order valence-electron chi connectivity index (χ3n) is 3.79. The second-order valence-corrected chi connectivity index (χ2v) is 5.89. The second-order valence-electron chi connectivity index (χ2n) is 5.89. The van der Waals surface area contributed by atoms with Crippen LogP contribution in [0.2, 0.25) is 0 Å². The molecule has 0 atom stereocenters. The molecule has 3 rings (SSSR count). The van der Waals surface area contributed by atoms with Gasteiger partial charge in [-0.15, -0.1) is 0 Å². The van der Waals surface area contributed by atoms with Crippen molar-refractivity contribution < 1.29 is 8.81 Å². The van der Waals surface area contributed by atoms with Gasteiger partial charge in [0.2, 0.25) is 0 Å². The molecule has 4 heteroatoms. The van der Waals surface area contributed by atoms with Crippen LogP contribution in [0.4, 0.5) is 4.39 Å². The van der Waals surface area contributed by atoms with E-state index in [1.54, 1.807) is 18.2 Å².